The second-order valence-electron chi connectivity index (χ2n) is 5.69. The molecule has 7 nitrogen and oxygen atoms in total. The van der Waals surface area contributed by atoms with Gasteiger partial charge in [0, 0.05) is 33.0 Å². The summed E-state index contributed by atoms with van der Waals surface area (Å²) in [5.74, 6) is -1.47. The minimum Gasteiger partial charge on any atom is -0.480 e. The second kappa shape index (κ2) is 8.44. The van der Waals surface area contributed by atoms with Gasteiger partial charge in [-0.2, -0.15) is 0 Å². The van der Waals surface area contributed by atoms with Gasteiger partial charge < -0.3 is 19.6 Å². The van der Waals surface area contributed by atoms with Gasteiger partial charge in [0.25, 0.3) is 0 Å². The first-order chi connectivity index (χ1) is 11.5. The van der Waals surface area contributed by atoms with Gasteiger partial charge in [0.2, 0.25) is 11.8 Å². The highest BCUT2D eigenvalue weighted by Crippen LogP contribution is 2.11. The van der Waals surface area contributed by atoms with Gasteiger partial charge in [0.05, 0.1) is 13.2 Å². The van der Waals surface area contributed by atoms with E-state index in [0.29, 0.717) is 13.2 Å². The minimum atomic E-state index is -1.07. The lowest BCUT2D eigenvalue weighted by Gasteiger charge is -2.33. The summed E-state index contributed by atoms with van der Waals surface area (Å²) in [6.45, 7) is 2.73. The monoisotopic (exact) mass is 334 g/mol. The molecule has 0 saturated carbocycles. The number of morpholine rings is 1. The van der Waals surface area contributed by atoms with Crippen molar-refractivity contribution in [2.24, 2.45) is 0 Å². The van der Waals surface area contributed by atoms with Crippen LogP contribution < -0.4 is 0 Å². The lowest BCUT2D eigenvalue weighted by molar-refractivity contribution is -0.158. The Labute approximate surface area is 140 Å². The average Bonchev–Trinajstić information content (AvgIpc) is 2.58. The van der Waals surface area contributed by atoms with Crippen molar-refractivity contribution in [1.82, 2.24) is 9.80 Å². The first-order valence-electron chi connectivity index (χ1n) is 7.88. The van der Waals surface area contributed by atoms with E-state index in [4.69, 9.17) is 4.74 Å². The van der Waals surface area contributed by atoms with Gasteiger partial charge in [0.15, 0.2) is 6.04 Å². The van der Waals surface area contributed by atoms with E-state index in [1.165, 1.54) is 11.8 Å². The predicted molar refractivity (Wildman–Crippen MR) is 86.1 cm³/mol. The molecule has 0 aromatic heterocycles. The second-order valence-corrected chi connectivity index (χ2v) is 5.69. The van der Waals surface area contributed by atoms with E-state index in [2.05, 4.69) is 0 Å². The molecule has 24 heavy (non-hydrogen) atoms. The van der Waals surface area contributed by atoms with Crippen molar-refractivity contribution in [3.05, 3.63) is 35.9 Å². The Hall–Kier alpha value is -2.41. The Bertz CT molecular complexity index is 590. The van der Waals surface area contributed by atoms with Gasteiger partial charge in [-0.05, 0) is 5.56 Å². The predicted octanol–water partition coefficient (Wildman–Crippen LogP) is 0.737. The Morgan fingerprint density at radius 1 is 1.29 bits per heavy atom. The van der Waals surface area contributed by atoms with Crippen LogP contribution in [0.4, 0.5) is 0 Å². The number of carbonyl (C=O) groups excluding carboxylic acids is 2. The van der Waals surface area contributed by atoms with Crippen molar-refractivity contribution in [2.45, 2.75) is 25.9 Å². The average molecular weight is 334 g/mol. The fourth-order valence-electron chi connectivity index (χ4n) is 2.63. The summed E-state index contributed by atoms with van der Waals surface area (Å²) < 4.78 is 5.13. The summed E-state index contributed by atoms with van der Waals surface area (Å²) in [5, 5.41) is 9.18. The van der Waals surface area contributed by atoms with E-state index >= 15 is 0 Å². The normalized spacial score (nSPS) is 17.4. The summed E-state index contributed by atoms with van der Waals surface area (Å²) in [6, 6.07) is 8.57. The van der Waals surface area contributed by atoms with Crippen molar-refractivity contribution in [3.63, 3.8) is 0 Å². The molecule has 1 saturated heterocycles. The topological polar surface area (TPSA) is 87.2 Å². The highest BCUT2D eigenvalue weighted by molar-refractivity contribution is 5.84. The van der Waals surface area contributed by atoms with Crippen molar-refractivity contribution < 1.29 is 24.2 Å². The number of carboxylic acid groups (broad SMARTS) is 1. The standard InChI is InChI=1S/C17H22N2O5/c1-13(20)18(11-14-5-3-2-4-6-14)8-7-16(21)19-9-10-24-12-15(19)17(22)23/h2-6,15H,7-12H2,1H3,(H,22,23)/t15-/m1/s1. The molecule has 1 aliphatic rings. The molecule has 1 fully saturated rings. The van der Waals surface area contributed by atoms with Gasteiger partial charge in [-0.25, -0.2) is 4.79 Å². The van der Waals surface area contributed by atoms with Crippen LogP contribution in [0.1, 0.15) is 18.9 Å². The number of rotatable bonds is 6. The van der Waals surface area contributed by atoms with Gasteiger partial charge in [-0.15, -0.1) is 0 Å². The Kier molecular flexibility index (Phi) is 6.31. The van der Waals surface area contributed by atoms with Gasteiger partial charge in [0.1, 0.15) is 0 Å². The van der Waals surface area contributed by atoms with Crippen molar-refractivity contribution in [1.29, 1.82) is 0 Å². The van der Waals surface area contributed by atoms with Gasteiger partial charge >= 0.3 is 5.97 Å². The molecule has 2 amide bonds. The molecular formula is C17H22N2O5. The number of ether oxygens (including phenoxy) is 1. The molecular weight excluding hydrogens is 312 g/mol. The fraction of sp³-hybridized carbons (Fsp3) is 0.471. The molecule has 1 aliphatic heterocycles. The maximum atomic E-state index is 12.4. The minimum absolute atomic E-state index is 0.00150. The number of nitrogens with zero attached hydrogens (tertiary/aromatic N) is 2. The Morgan fingerprint density at radius 3 is 2.62 bits per heavy atom. The molecule has 0 unspecified atom stereocenters. The molecule has 130 valence electrons. The molecule has 1 aromatic carbocycles. The van der Waals surface area contributed by atoms with Crippen LogP contribution in [-0.2, 0) is 25.7 Å². The van der Waals surface area contributed by atoms with E-state index < -0.39 is 12.0 Å². The fourth-order valence-corrected chi connectivity index (χ4v) is 2.63. The number of carboxylic acids is 1. The molecule has 7 heteroatoms. The van der Waals surface area contributed by atoms with Crippen LogP contribution in [0.25, 0.3) is 0 Å². The summed E-state index contributed by atoms with van der Waals surface area (Å²) >= 11 is 0. The van der Waals surface area contributed by atoms with Crippen LogP contribution in [0.2, 0.25) is 0 Å². The molecule has 1 aromatic rings. The zero-order chi connectivity index (χ0) is 17.5. The van der Waals surface area contributed by atoms with Crippen LogP contribution in [0.5, 0.6) is 0 Å². The molecule has 1 atom stereocenters. The largest absolute Gasteiger partial charge is 0.480 e. The third-order valence-electron chi connectivity index (χ3n) is 3.99. The van der Waals surface area contributed by atoms with Crippen molar-refractivity contribution in [3.8, 4) is 0 Å². The molecule has 0 aliphatic carbocycles. The molecule has 0 bridgehead atoms. The third-order valence-corrected chi connectivity index (χ3v) is 3.99. The van der Waals surface area contributed by atoms with E-state index in [9.17, 15) is 19.5 Å². The van der Waals surface area contributed by atoms with Crippen LogP contribution in [0.15, 0.2) is 30.3 Å². The summed E-state index contributed by atoms with van der Waals surface area (Å²) in [7, 11) is 0. The number of amides is 2. The van der Waals surface area contributed by atoms with Crippen LogP contribution >= 0.6 is 0 Å². The molecule has 2 rings (SSSR count). The van der Waals surface area contributed by atoms with Crippen LogP contribution in [0.3, 0.4) is 0 Å². The summed E-state index contributed by atoms with van der Waals surface area (Å²) in [4.78, 5) is 38.3. The van der Waals surface area contributed by atoms with Crippen LogP contribution in [-0.4, -0.2) is 65.0 Å². The van der Waals surface area contributed by atoms with Crippen LogP contribution in [0, 0.1) is 0 Å². The molecule has 0 radical (unpaired) electrons. The Morgan fingerprint density at radius 2 is 2.00 bits per heavy atom. The highest BCUT2D eigenvalue weighted by Gasteiger charge is 2.32. The van der Waals surface area contributed by atoms with Crippen molar-refractivity contribution >= 4 is 17.8 Å². The van der Waals surface area contributed by atoms with Crippen molar-refractivity contribution in [2.75, 3.05) is 26.3 Å². The third kappa shape index (κ3) is 4.79. The lowest BCUT2D eigenvalue weighted by Crippen LogP contribution is -2.53. The summed E-state index contributed by atoms with van der Waals surface area (Å²) in [6.07, 6.45) is 0.0934. The van der Waals surface area contributed by atoms with Gasteiger partial charge in [-0.1, -0.05) is 30.3 Å². The highest BCUT2D eigenvalue weighted by atomic mass is 16.5. The van der Waals surface area contributed by atoms with E-state index in [1.807, 2.05) is 30.3 Å². The smallest absolute Gasteiger partial charge is 0.328 e. The lowest BCUT2D eigenvalue weighted by atomic mass is 10.2. The number of hydrogen-bond donors (Lipinski definition) is 1. The maximum Gasteiger partial charge on any atom is 0.328 e. The zero-order valence-electron chi connectivity index (χ0n) is 13.7. The molecule has 0 spiro atoms. The number of hydrogen-bond acceptors (Lipinski definition) is 4. The summed E-state index contributed by atoms with van der Waals surface area (Å²) in [5.41, 5.74) is 0.981. The van der Waals surface area contributed by atoms with E-state index in [0.717, 1.165) is 5.56 Å². The zero-order valence-corrected chi connectivity index (χ0v) is 13.7. The Balaban J connectivity index is 1.94. The quantitative estimate of drug-likeness (QED) is 0.829. The first-order valence-corrected chi connectivity index (χ1v) is 7.88. The molecule has 1 heterocycles. The number of benzene rings is 1. The maximum absolute atomic E-state index is 12.4. The SMILES string of the molecule is CC(=O)N(CCC(=O)N1CCOC[C@@H]1C(=O)O)Cc1ccccc1. The van der Waals surface area contributed by atoms with Gasteiger partial charge in [-0.3, -0.25) is 9.59 Å². The number of carbonyl (C=O) groups is 3. The number of aliphatic carboxylic acids is 1. The van der Waals surface area contributed by atoms with E-state index in [-0.39, 0.29) is 37.9 Å². The first kappa shape index (κ1) is 17.9. The van der Waals surface area contributed by atoms with E-state index in [1.54, 1.807) is 4.90 Å². The molecule has 1 N–H and O–H groups in total.